The Labute approximate surface area is 203 Å². The smallest absolute Gasteiger partial charge is 0.223 e. The van der Waals surface area contributed by atoms with Gasteiger partial charge in [0.05, 0.1) is 0 Å². The third kappa shape index (κ3) is 4.64. The van der Waals surface area contributed by atoms with Crippen molar-refractivity contribution in [2.45, 2.75) is 89.1 Å². The zero-order valence-corrected chi connectivity index (χ0v) is 20.6. The standard InChI is InChI=1S/C30H38N2O2/c1-19-25-9-5-3-7-21(25)11-17-27(19)29(33)31-23-13-15-24(16-14-23)32-30(34)28-18-12-22-8-4-6-10-26(22)20(28)2/h3-10,19-20,23-24,27-28H,11-18H2,1-2H3,(H,31,33)(H,32,34)/t19-,20-,23-,24-,27+,28+/m0/s1. The maximum atomic E-state index is 13.1. The second-order valence-corrected chi connectivity index (χ2v) is 10.8. The summed E-state index contributed by atoms with van der Waals surface area (Å²) in [5, 5.41) is 6.71. The SMILES string of the molecule is C[C@H]1c2ccccc2CC[C@H]1C(=O)N[C@H]1CC[C@H](NC(=O)[C@@H]2CCc3ccccc3[C@@H]2C)CC1. The summed E-state index contributed by atoms with van der Waals surface area (Å²) in [5.74, 6) is 1.07. The van der Waals surface area contributed by atoms with E-state index in [1.807, 2.05) is 0 Å². The van der Waals surface area contributed by atoms with E-state index in [9.17, 15) is 9.59 Å². The molecule has 3 aliphatic rings. The van der Waals surface area contributed by atoms with Crippen molar-refractivity contribution in [1.82, 2.24) is 10.6 Å². The number of hydrogen-bond acceptors (Lipinski definition) is 2. The van der Waals surface area contributed by atoms with Crippen LogP contribution in [0.1, 0.15) is 86.5 Å². The van der Waals surface area contributed by atoms with Crippen molar-refractivity contribution in [3.8, 4) is 0 Å². The quantitative estimate of drug-likeness (QED) is 0.656. The minimum absolute atomic E-state index is 0.0583. The van der Waals surface area contributed by atoms with Crippen LogP contribution in [0.25, 0.3) is 0 Å². The van der Waals surface area contributed by atoms with E-state index in [0.29, 0.717) is 0 Å². The van der Waals surface area contributed by atoms with E-state index in [2.05, 4.69) is 73.0 Å². The summed E-state index contributed by atoms with van der Waals surface area (Å²) in [6.07, 6.45) is 7.60. The molecule has 2 amide bonds. The largest absolute Gasteiger partial charge is 0.353 e. The normalized spacial score (nSPS) is 30.5. The number of carbonyl (C=O) groups is 2. The lowest BCUT2D eigenvalue weighted by Crippen LogP contribution is -2.47. The molecule has 1 saturated carbocycles. The number of carbonyl (C=O) groups excluding carboxylic acids is 2. The Morgan fingerprint density at radius 1 is 0.618 bits per heavy atom. The summed E-state index contributed by atoms with van der Waals surface area (Å²) in [7, 11) is 0. The molecule has 4 nitrogen and oxygen atoms in total. The molecular formula is C30H38N2O2. The van der Waals surface area contributed by atoms with Crippen molar-refractivity contribution < 1.29 is 9.59 Å². The van der Waals surface area contributed by atoms with Gasteiger partial charge in [-0.15, -0.1) is 0 Å². The van der Waals surface area contributed by atoms with Gasteiger partial charge in [0.2, 0.25) is 11.8 Å². The van der Waals surface area contributed by atoms with Crippen LogP contribution < -0.4 is 10.6 Å². The van der Waals surface area contributed by atoms with Gasteiger partial charge in [0.1, 0.15) is 0 Å². The first kappa shape index (κ1) is 23.1. The molecule has 0 radical (unpaired) electrons. The molecule has 2 aromatic rings. The molecule has 0 spiro atoms. The number of nitrogens with one attached hydrogen (secondary N) is 2. The van der Waals surface area contributed by atoms with Gasteiger partial charge >= 0.3 is 0 Å². The number of benzene rings is 2. The number of hydrogen-bond donors (Lipinski definition) is 2. The minimum atomic E-state index is 0.0583. The van der Waals surface area contributed by atoms with E-state index < -0.39 is 0 Å². The summed E-state index contributed by atoms with van der Waals surface area (Å²) >= 11 is 0. The Morgan fingerprint density at radius 2 is 1.00 bits per heavy atom. The van der Waals surface area contributed by atoms with Crippen LogP contribution in [-0.4, -0.2) is 23.9 Å². The van der Waals surface area contributed by atoms with E-state index >= 15 is 0 Å². The predicted octanol–water partition coefficient (Wildman–Crippen LogP) is 5.26. The first-order valence-corrected chi connectivity index (χ1v) is 13.3. The highest BCUT2D eigenvalue weighted by atomic mass is 16.2. The maximum Gasteiger partial charge on any atom is 0.223 e. The van der Waals surface area contributed by atoms with Crippen molar-refractivity contribution in [2.24, 2.45) is 11.8 Å². The molecule has 5 rings (SSSR count). The van der Waals surface area contributed by atoms with E-state index in [-0.39, 0.29) is 47.6 Å². The van der Waals surface area contributed by atoms with Gasteiger partial charge in [-0.3, -0.25) is 9.59 Å². The zero-order valence-electron chi connectivity index (χ0n) is 20.6. The molecule has 0 heterocycles. The first-order chi connectivity index (χ1) is 16.5. The molecule has 180 valence electrons. The van der Waals surface area contributed by atoms with E-state index in [0.717, 1.165) is 51.4 Å². The average Bonchev–Trinajstić information content (AvgIpc) is 2.86. The van der Waals surface area contributed by atoms with Crippen LogP contribution in [0.3, 0.4) is 0 Å². The molecule has 4 heteroatoms. The van der Waals surface area contributed by atoms with Crippen molar-refractivity contribution in [1.29, 1.82) is 0 Å². The van der Waals surface area contributed by atoms with Crippen LogP contribution in [0.5, 0.6) is 0 Å². The van der Waals surface area contributed by atoms with Crippen LogP contribution in [0.15, 0.2) is 48.5 Å². The van der Waals surface area contributed by atoms with Gasteiger partial charge in [0.25, 0.3) is 0 Å². The van der Waals surface area contributed by atoms with Gasteiger partial charge in [-0.25, -0.2) is 0 Å². The molecule has 1 fully saturated rings. The van der Waals surface area contributed by atoms with Crippen LogP contribution in [0.4, 0.5) is 0 Å². The van der Waals surface area contributed by atoms with Gasteiger partial charge < -0.3 is 10.6 Å². The summed E-state index contributed by atoms with van der Waals surface area (Å²) in [5.41, 5.74) is 5.46. The topological polar surface area (TPSA) is 58.2 Å². The molecule has 2 aromatic carbocycles. The Kier molecular flexibility index (Phi) is 6.76. The highest BCUT2D eigenvalue weighted by Gasteiger charge is 2.35. The van der Waals surface area contributed by atoms with Gasteiger partial charge in [-0.05, 0) is 85.5 Å². The Balaban J connectivity index is 1.10. The molecular weight excluding hydrogens is 420 g/mol. The minimum Gasteiger partial charge on any atom is -0.353 e. The summed E-state index contributed by atoms with van der Waals surface area (Å²) in [4.78, 5) is 26.2. The Bertz CT molecular complexity index is 956. The lowest BCUT2D eigenvalue weighted by molar-refractivity contribution is -0.128. The number of amides is 2. The summed E-state index contributed by atoms with van der Waals surface area (Å²) in [6, 6.07) is 17.6. The lowest BCUT2D eigenvalue weighted by atomic mass is 9.75. The van der Waals surface area contributed by atoms with Crippen molar-refractivity contribution >= 4 is 11.8 Å². The molecule has 0 aliphatic heterocycles. The molecule has 34 heavy (non-hydrogen) atoms. The highest BCUT2D eigenvalue weighted by Crippen LogP contribution is 2.37. The van der Waals surface area contributed by atoms with Crippen LogP contribution in [0, 0.1) is 11.8 Å². The Morgan fingerprint density at radius 3 is 1.41 bits per heavy atom. The second kappa shape index (κ2) is 9.93. The average molecular weight is 459 g/mol. The monoisotopic (exact) mass is 458 g/mol. The Hall–Kier alpha value is -2.62. The molecule has 3 aliphatic carbocycles. The molecule has 2 N–H and O–H groups in total. The predicted molar refractivity (Wildman–Crippen MR) is 136 cm³/mol. The third-order valence-corrected chi connectivity index (χ3v) is 8.84. The van der Waals surface area contributed by atoms with Crippen LogP contribution in [0.2, 0.25) is 0 Å². The third-order valence-electron chi connectivity index (χ3n) is 8.84. The fraction of sp³-hybridized carbons (Fsp3) is 0.533. The van der Waals surface area contributed by atoms with E-state index in [4.69, 9.17) is 0 Å². The fourth-order valence-electron chi connectivity index (χ4n) is 6.68. The lowest BCUT2D eigenvalue weighted by Gasteiger charge is -2.35. The number of aryl methyl sites for hydroxylation is 2. The molecule has 0 saturated heterocycles. The van der Waals surface area contributed by atoms with Crippen molar-refractivity contribution in [2.75, 3.05) is 0 Å². The summed E-state index contributed by atoms with van der Waals surface area (Å²) in [6.45, 7) is 4.39. The van der Waals surface area contributed by atoms with E-state index in [1.165, 1.54) is 22.3 Å². The van der Waals surface area contributed by atoms with Crippen molar-refractivity contribution in [3.63, 3.8) is 0 Å². The maximum absolute atomic E-state index is 13.1. The van der Waals surface area contributed by atoms with Gasteiger partial charge in [-0.1, -0.05) is 62.4 Å². The molecule has 0 unspecified atom stereocenters. The molecule has 0 aromatic heterocycles. The first-order valence-electron chi connectivity index (χ1n) is 13.3. The molecule has 4 atom stereocenters. The number of fused-ring (bicyclic) bond motifs is 2. The zero-order chi connectivity index (χ0) is 23.7. The van der Waals surface area contributed by atoms with E-state index in [1.54, 1.807) is 0 Å². The van der Waals surface area contributed by atoms with Crippen LogP contribution >= 0.6 is 0 Å². The summed E-state index contributed by atoms with van der Waals surface area (Å²) < 4.78 is 0. The van der Waals surface area contributed by atoms with Crippen molar-refractivity contribution in [3.05, 3.63) is 70.8 Å². The fourth-order valence-corrected chi connectivity index (χ4v) is 6.68. The second-order valence-electron chi connectivity index (χ2n) is 10.8. The van der Waals surface area contributed by atoms with Gasteiger partial charge in [0, 0.05) is 23.9 Å². The van der Waals surface area contributed by atoms with Gasteiger partial charge in [-0.2, -0.15) is 0 Å². The highest BCUT2D eigenvalue weighted by molar-refractivity contribution is 5.81. The number of rotatable bonds is 4. The molecule has 0 bridgehead atoms. The van der Waals surface area contributed by atoms with Gasteiger partial charge in [0.15, 0.2) is 0 Å². The van der Waals surface area contributed by atoms with Crippen LogP contribution in [-0.2, 0) is 22.4 Å².